The van der Waals surface area contributed by atoms with Crippen LogP contribution in [0.5, 0.6) is 0 Å². The van der Waals surface area contributed by atoms with E-state index in [2.05, 4.69) is 10.8 Å². The first-order valence-electron chi connectivity index (χ1n) is 5.22. The molecule has 0 saturated heterocycles. The van der Waals surface area contributed by atoms with Gasteiger partial charge in [0.1, 0.15) is 0 Å². The fourth-order valence-electron chi connectivity index (χ4n) is 2.13. The van der Waals surface area contributed by atoms with E-state index in [4.69, 9.17) is 11.5 Å². The number of benzene rings is 1. The van der Waals surface area contributed by atoms with Gasteiger partial charge in [-0.05, 0) is 23.6 Å². The first-order valence-corrected chi connectivity index (χ1v) is 5.22. The maximum Gasteiger partial charge on any atom is 0.335 e. The Hall–Kier alpha value is -1.79. The van der Waals surface area contributed by atoms with Crippen LogP contribution < -0.4 is 0 Å². The van der Waals surface area contributed by atoms with E-state index < -0.39 is 5.97 Å². The van der Waals surface area contributed by atoms with Crippen LogP contribution in [0.3, 0.4) is 0 Å². The maximum atomic E-state index is 11.0. The summed E-state index contributed by atoms with van der Waals surface area (Å²) >= 11 is 0. The Morgan fingerprint density at radius 2 is 2.38 bits per heavy atom. The standard InChI is InChI=1S/C13H13NO2/c1-2-7-14-8-6-11-10(9-14)4-3-5-12(11)13(15)16/h1,3-5H,6-9H2,(H,15,16). The third-order valence-corrected chi connectivity index (χ3v) is 2.89. The van der Waals surface area contributed by atoms with E-state index in [9.17, 15) is 4.79 Å². The van der Waals surface area contributed by atoms with Crippen LogP contribution in [0.15, 0.2) is 18.2 Å². The van der Waals surface area contributed by atoms with Crippen LogP contribution in [0.2, 0.25) is 0 Å². The van der Waals surface area contributed by atoms with Gasteiger partial charge in [0, 0.05) is 13.1 Å². The minimum absolute atomic E-state index is 0.429. The van der Waals surface area contributed by atoms with Crippen LogP contribution in [-0.4, -0.2) is 29.1 Å². The van der Waals surface area contributed by atoms with E-state index in [1.54, 1.807) is 12.1 Å². The van der Waals surface area contributed by atoms with Crippen molar-refractivity contribution in [2.75, 3.05) is 13.1 Å². The molecule has 0 aliphatic carbocycles. The van der Waals surface area contributed by atoms with Crippen molar-refractivity contribution in [3.05, 3.63) is 34.9 Å². The number of nitrogens with zero attached hydrogens (tertiary/aromatic N) is 1. The highest BCUT2D eigenvalue weighted by Gasteiger charge is 2.20. The number of carbonyl (C=O) groups is 1. The summed E-state index contributed by atoms with van der Waals surface area (Å²) in [4.78, 5) is 13.2. The zero-order valence-corrected chi connectivity index (χ0v) is 8.94. The van der Waals surface area contributed by atoms with Crippen molar-refractivity contribution < 1.29 is 9.90 Å². The quantitative estimate of drug-likeness (QED) is 0.758. The fourth-order valence-corrected chi connectivity index (χ4v) is 2.13. The molecule has 0 atom stereocenters. The number of carboxylic acid groups (broad SMARTS) is 1. The summed E-state index contributed by atoms with van der Waals surface area (Å²) in [5.41, 5.74) is 2.47. The lowest BCUT2D eigenvalue weighted by Gasteiger charge is -2.27. The number of hydrogen-bond acceptors (Lipinski definition) is 2. The molecular weight excluding hydrogens is 202 g/mol. The van der Waals surface area contributed by atoms with Crippen molar-refractivity contribution in [2.24, 2.45) is 0 Å². The van der Waals surface area contributed by atoms with Crippen molar-refractivity contribution in [1.29, 1.82) is 0 Å². The highest BCUT2D eigenvalue weighted by atomic mass is 16.4. The molecule has 1 heterocycles. The van der Waals surface area contributed by atoms with Crippen molar-refractivity contribution in [2.45, 2.75) is 13.0 Å². The highest BCUT2D eigenvalue weighted by Crippen LogP contribution is 2.22. The molecule has 1 aliphatic heterocycles. The Balaban J connectivity index is 2.31. The molecule has 1 N–H and O–H groups in total. The molecule has 16 heavy (non-hydrogen) atoms. The minimum Gasteiger partial charge on any atom is -0.478 e. The second-order valence-corrected chi connectivity index (χ2v) is 3.91. The van der Waals surface area contributed by atoms with E-state index in [0.29, 0.717) is 12.1 Å². The van der Waals surface area contributed by atoms with Gasteiger partial charge in [0.05, 0.1) is 12.1 Å². The summed E-state index contributed by atoms with van der Waals surface area (Å²) in [5.74, 6) is 1.77. The van der Waals surface area contributed by atoms with Gasteiger partial charge in [-0.15, -0.1) is 6.42 Å². The summed E-state index contributed by atoms with van der Waals surface area (Å²) in [7, 11) is 0. The van der Waals surface area contributed by atoms with Gasteiger partial charge < -0.3 is 5.11 Å². The largest absolute Gasteiger partial charge is 0.478 e. The first-order chi connectivity index (χ1) is 7.72. The zero-order chi connectivity index (χ0) is 11.5. The molecule has 0 unspecified atom stereocenters. The molecule has 1 aromatic rings. The molecular formula is C13H13NO2. The molecule has 0 aromatic heterocycles. The summed E-state index contributed by atoms with van der Waals surface area (Å²) in [6.07, 6.45) is 6.04. The van der Waals surface area contributed by atoms with E-state index in [0.717, 1.165) is 30.6 Å². The SMILES string of the molecule is C#CCN1CCc2c(cccc2C(=O)O)C1. The molecule has 0 spiro atoms. The van der Waals surface area contributed by atoms with E-state index in [1.165, 1.54) is 0 Å². The van der Waals surface area contributed by atoms with Gasteiger partial charge in [-0.3, -0.25) is 4.90 Å². The average Bonchev–Trinajstić information content (AvgIpc) is 2.28. The summed E-state index contributed by atoms with van der Waals surface area (Å²) in [6.45, 7) is 2.21. The molecule has 3 heteroatoms. The Kier molecular flexibility index (Phi) is 2.93. The topological polar surface area (TPSA) is 40.5 Å². The minimum atomic E-state index is -0.845. The molecule has 0 radical (unpaired) electrons. The third-order valence-electron chi connectivity index (χ3n) is 2.89. The van der Waals surface area contributed by atoms with Gasteiger partial charge in [-0.25, -0.2) is 4.79 Å². The molecule has 0 bridgehead atoms. The van der Waals surface area contributed by atoms with Crippen molar-refractivity contribution >= 4 is 5.97 Å². The van der Waals surface area contributed by atoms with E-state index in [-0.39, 0.29) is 0 Å². The van der Waals surface area contributed by atoms with E-state index >= 15 is 0 Å². The summed E-state index contributed by atoms with van der Waals surface area (Å²) in [5, 5.41) is 9.06. The van der Waals surface area contributed by atoms with Crippen LogP contribution in [0, 0.1) is 12.3 Å². The van der Waals surface area contributed by atoms with Gasteiger partial charge in [0.25, 0.3) is 0 Å². The van der Waals surface area contributed by atoms with Gasteiger partial charge in [0.15, 0.2) is 0 Å². The molecule has 82 valence electrons. The van der Waals surface area contributed by atoms with Crippen molar-refractivity contribution in [1.82, 2.24) is 4.90 Å². The van der Waals surface area contributed by atoms with Crippen molar-refractivity contribution in [3.8, 4) is 12.3 Å². The number of fused-ring (bicyclic) bond motifs is 1. The second kappa shape index (κ2) is 4.38. The Labute approximate surface area is 94.7 Å². The number of terminal acetylenes is 1. The maximum absolute atomic E-state index is 11.0. The second-order valence-electron chi connectivity index (χ2n) is 3.91. The predicted octanol–water partition coefficient (Wildman–Crippen LogP) is 1.38. The first kappa shape index (κ1) is 10.7. The van der Waals surface area contributed by atoms with Gasteiger partial charge >= 0.3 is 5.97 Å². The zero-order valence-electron chi connectivity index (χ0n) is 8.94. The summed E-state index contributed by atoms with van der Waals surface area (Å²) in [6, 6.07) is 5.43. The Morgan fingerprint density at radius 1 is 1.56 bits per heavy atom. The van der Waals surface area contributed by atoms with Crippen molar-refractivity contribution in [3.63, 3.8) is 0 Å². The molecule has 2 rings (SSSR count). The molecule has 0 saturated carbocycles. The highest BCUT2D eigenvalue weighted by molar-refractivity contribution is 5.89. The monoisotopic (exact) mass is 215 g/mol. The number of carboxylic acids is 1. The lowest BCUT2D eigenvalue weighted by molar-refractivity contribution is 0.0694. The van der Waals surface area contributed by atoms with Gasteiger partial charge in [-0.2, -0.15) is 0 Å². The average molecular weight is 215 g/mol. The lowest BCUT2D eigenvalue weighted by Crippen LogP contribution is -2.31. The molecule has 0 fully saturated rings. The fraction of sp³-hybridized carbons (Fsp3) is 0.308. The normalized spacial score (nSPS) is 15.2. The van der Waals surface area contributed by atoms with Gasteiger partial charge in [-0.1, -0.05) is 18.1 Å². The Bertz CT molecular complexity index is 459. The van der Waals surface area contributed by atoms with E-state index in [1.807, 2.05) is 6.07 Å². The lowest BCUT2D eigenvalue weighted by atomic mass is 9.94. The number of rotatable bonds is 2. The Morgan fingerprint density at radius 3 is 3.06 bits per heavy atom. The molecule has 3 nitrogen and oxygen atoms in total. The molecule has 0 amide bonds. The van der Waals surface area contributed by atoms with Crippen LogP contribution in [0.25, 0.3) is 0 Å². The number of aromatic carboxylic acids is 1. The molecule has 1 aromatic carbocycles. The van der Waals surface area contributed by atoms with Crippen LogP contribution >= 0.6 is 0 Å². The van der Waals surface area contributed by atoms with Crippen LogP contribution in [0.1, 0.15) is 21.5 Å². The molecule has 1 aliphatic rings. The van der Waals surface area contributed by atoms with Gasteiger partial charge in [0.2, 0.25) is 0 Å². The number of hydrogen-bond donors (Lipinski definition) is 1. The summed E-state index contributed by atoms with van der Waals surface area (Å²) < 4.78 is 0. The van der Waals surface area contributed by atoms with Crippen LogP contribution in [-0.2, 0) is 13.0 Å². The van der Waals surface area contributed by atoms with Crippen LogP contribution in [0.4, 0.5) is 0 Å². The smallest absolute Gasteiger partial charge is 0.335 e. The predicted molar refractivity (Wildman–Crippen MR) is 61.2 cm³/mol. The third kappa shape index (κ3) is 1.93.